The fourth-order valence-electron chi connectivity index (χ4n) is 0.803. The summed E-state index contributed by atoms with van der Waals surface area (Å²) in [5, 5.41) is 0. The van der Waals surface area contributed by atoms with Crippen molar-refractivity contribution in [2.75, 3.05) is 0 Å². The molecule has 0 heteroatoms. The van der Waals surface area contributed by atoms with E-state index in [1.807, 2.05) is 13.8 Å². The summed E-state index contributed by atoms with van der Waals surface area (Å²) in [6, 6.07) is 0. The Morgan fingerprint density at radius 1 is 0.706 bits per heavy atom. The third-order valence-corrected chi connectivity index (χ3v) is 1.39. The summed E-state index contributed by atoms with van der Waals surface area (Å²) in [5.74, 6) is 1.74. The molecule has 0 aliphatic heterocycles. The Labute approximate surface area is 114 Å². The Morgan fingerprint density at radius 3 is 1.18 bits per heavy atom. The Bertz CT molecular complexity index is 69.4. The van der Waals surface area contributed by atoms with Gasteiger partial charge in [0, 0.05) is 0 Å². The molecule has 0 spiro atoms. The van der Waals surface area contributed by atoms with E-state index in [1.54, 1.807) is 0 Å². The lowest BCUT2D eigenvalue weighted by Crippen LogP contribution is -1.85. The van der Waals surface area contributed by atoms with E-state index in [-0.39, 0.29) is 0 Å². The van der Waals surface area contributed by atoms with Crippen LogP contribution in [0, 0.1) is 11.8 Å². The van der Waals surface area contributed by atoms with Crippen molar-refractivity contribution in [3.8, 4) is 0 Å². The van der Waals surface area contributed by atoms with E-state index in [0.29, 0.717) is 0 Å². The van der Waals surface area contributed by atoms with E-state index in [0.717, 1.165) is 11.8 Å². The van der Waals surface area contributed by atoms with Gasteiger partial charge in [0.05, 0.1) is 0 Å². The van der Waals surface area contributed by atoms with E-state index < -0.39 is 0 Å². The monoisotopic (exact) mass is 246 g/mol. The van der Waals surface area contributed by atoms with Gasteiger partial charge >= 0.3 is 0 Å². The Kier molecular flexibility index (Phi) is 45.1. The van der Waals surface area contributed by atoms with Gasteiger partial charge in [-0.25, -0.2) is 0 Å². The molecule has 0 aromatic carbocycles. The first-order chi connectivity index (χ1) is 7.92. The van der Waals surface area contributed by atoms with E-state index in [2.05, 4.69) is 55.4 Å². The zero-order valence-corrected chi connectivity index (χ0v) is 14.7. The van der Waals surface area contributed by atoms with Crippen LogP contribution in [-0.2, 0) is 0 Å². The van der Waals surface area contributed by atoms with Gasteiger partial charge in [-0.2, -0.15) is 0 Å². The second-order valence-electron chi connectivity index (χ2n) is 5.33. The summed E-state index contributed by atoms with van der Waals surface area (Å²) in [6.07, 6.45) is 6.85. The highest BCUT2D eigenvalue weighted by molar-refractivity contribution is 4.44. The maximum Gasteiger partial charge on any atom is -0.0471 e. The Morgan fingerprint density at radius 2 is 1.00 bits per heavy atom. The number of hydrogen-bond acceptors (Lipinski definition) is 0. The maximum absolute atomic E-state index is 2.29. The lowest BCUT2D eigenvalue weighted by atomic mass is 10.1. The summed E-state index contributed by atoms with van der Waals surface area (Å²) in [4.78, 5) is 0. The van der Waals surface area contributed by atoms with Crippen molar-refractivity contribution >= 4 is 0 Å². The second kappa shape index (κ2) is 29.8. The average Bonchev–Trinajstić information content (AvgIpc) is 2.21. The Balaban J connectivity index is -0.0000000792. The van der Waals surface area contributed by atoms with Gasteiger partial charge in [0.2, 0.25) is 0 Å². The predicted molar refractivity (Wildman–Crippen MR) is 86.8 cm³/mol. The first-order valence-electron chi connectivity index (χ1n) is 7.92. The molecule has 0 amide bonds. The molecule has 17 heavy (non-hydrogen) atoms. The Hall–Kier alpha value is 0. The number of unbranched alkanes of at least 4 members (excludes halogenated alkanes) is 2. The fourth-order valence-corrected chi connectivity index (χ4v) is 0.803. The molecule has 0 N–H and O–H groups in total. The van der Waals surface area contributed by atoms with Crippen molar-refractivity contribution in [2.45, 2.75) is 101 Å². The van der Waals surface area contributed by atoms with Crippen molar-refractivity contribution in [3.05, 3.63) is 0 Å². The summed E-state index contributed by atoms with van der Waals surface area (Å²) in [5.41, 5.74) is 0. The predicted octanol–water partition coefficient (Wildman–Crippen LogP) is 7.33. The third-order valence-electron chi connectivity index (χ3n) is 1.39. The van der Waals surface area contributed by atoms with Gasteiger partial charge < -0.3 is 0 Å². The first kappa shape index (κ1) is 25.8. The van der Waals surface area contributed by atoms with Gasteiger partial charge in [-0.1, -0.05) is 101 Å². The van der Waals surface area contributed by atoms with Crippen LogP contribution in [0.3, 0.4) is 0 Å². The van der Waals surface area contributed by atoms with Crippen LogP contribution in [0.1, 0.15) is 101 Å². The summed E-state index contributed by atoms with van der Waals surface area (Å²) < 4.78 is 0. The molecular weight excluding hydrogens is 204 g/mol. The first-order valence-corrected chi connectivity index (χ1v) is 7.92. The largest absolute Gasteiger partial charge is 0.0683 e. The lowest BCUT2D eigenvalue weighted by molar-refractivity contribution is 0.534. The number of rotatable bonds is 4. The van der Waals surface area contributed by atoms with Crippen molar-refractivity contribution in [3.63, 3.8) is 0 Å². The van der Waals surface area contributed by atoms with Crippen LogP contribution in [0.2, 0.25) is 0 Å². The molecule has 0 atom stereocenters. The zero-order valence-electron chi connectivity index (χ0n) is 14.7. The summed E-state index contributed by atoms with van der Waals surface area (Å²) in [7, 11) is 0. The standard InChI is InChI=1S/C8H18.C4H10.C3H8.C2H6/c1-4-5-6-7-8(2)3;1-4(2)3;1-3-2;1-2/h8H,4-7H2,1-3H3;4H,1-3H3;3H2,1-2H3;1-2H3. The minimum Gasteiger partial charge on any atom is -0.0683 e. The fraction of sp³-hybridized carbons (Fsp3) is 1.00. The maximum atomic E-state index is 2.29. The summed E-state index contributed by atoms with van der Waals surface area (Å²) >= 11 is 0. The van der Waals surface area contributed by atoms with Gasteiger partial charge in [0.25, 0.3) is 0 Å². The van der Waals surface area contributed by atoms with Crippen LogP contribution in [0.5, 0.6) is 0 Å². The highest BCUT2D eigenvalue weighted by atomic mass is 14.0. The molecule has 110 valence electrons. The molecule has 0 radical (unpaired) electrons. The minimum absolute atomic E-state index is 0.833. The molecule has 0 saturated carbocycles. The van der Waals surface area contributed by atoms with Crippen LogP contribution >= 0.6 is 0 Å². The topological polar surface area (TPSA) is 0 Å². The molecule has 0 unspecified atom stereocenters. The zero-order chi connectivity index (χ0) is 14.7. The van der Waals surface area contributed by atoms with Gasteiger partial charge in [-0.3, -0.25) is 0 Å². The van der Waals surface area contributed by atoms with Crippen LogP contribution in [-0.4, -0.2) is 0 Å². The molecule has 0 aromatic heterocycles. The molecule has 0 aliphatic rings. The third kappa shape index (κ3) is 125. The van der Waals surface area contributed by atoms with Crippen molar-refractivity contribution in [2.24, 2.45) is 11.8 Å². The van der Waals surface area contributed by atoms with Crippen molar-refractivity contribution in [1.82, 2.24) is 0 Å². The average molecular weight is 247 g/mol. The van der Waals surface area contributed by atoms with E-state index in [9.17, 15) is 0 Å². The van der Waals surface area contributed by atoms with Crippen LogP contribution < -0.4 is 0 Å². The molecule has 0 nitrogen and oxygen atoms in total. The quantitative estimate of drug-likeness (QED) is 0.456. The van der Waals surface area contributed by atoms with E-state index in [4.69, 9.17) is 0 Å². The molecule has 0 bridgehead atoms. The van der Waals surface area contributed by atoms with Crippen LogP contribution in [0.4, 0.5) is 0 Å². The molecule has 0 heterocycles. The highest BCUT2D eigenvalue weighted by Crippen LogP contribution is 2.06. The van der Waals surface area contributed by atoms with E-state index in [1.165, 1.54) is 32.1 Å². The second-order valence-corrected chi connectivity index (χ2v) is 5.33. The minimum atomic E-state index is 0.833. The van der Waals surface area contributed by atoms with Gasteiger partial charge in [0.15, 0.2) is 0 Å². The molecule has 0 saturated heterocycles. The number of hydrogen-bond donors (Lipinski definition) is 0. The summed E-state index contributed by atoms with van der Waals surface area (Å²) in [6.45, 7) is 21.6. The van der Waals surface area contributed by atoms with Crippen molar-refractivity contribution < 1.29 is 0 Å². The van der Waals surface area contributed by atoms with Crippen LogP contribution in [0.25, 0.3) is 0 Å². The van der Waals surface area contributed by atoms with E-state index >= 15 is 0 Å². The molecule has 0 aromatic rings. The van der Waals surface area contributed by atoms with Crippen LogP contribution in [0.15, 0.2) is 0 Å². The molecule has 0 fully saturated rings. The highest BCUT2D eigenvalue weighted by Gasteiger charge is 1.90. The van der Waals surface area contributed by atoms with Gasteiger partial charge in [0.1, 0.15) is 0 Å². The van der Waals surface area contributed by atoms with Gasteiger partial charge in [-0.15, -0.1) is 0 Å². The SMILES string of the molecule is CC.CC(C)C.CCC.CCCCCC(C)C. The van der Waals surface area contributed by atoms with Crippen molar-refractivity contribution in [1.29, 1.82) is 0 Å². The molecular formula is C17H42. The molecule has 0 rings (SSSR count). The smallest absolute Gasteiger partial charge is 0.0471 e. The van der Waals surface area contributed by atoms with Gasteiger partial charge in [-0.05, 0) is 11.8 Å². The normalized spacial score (nSPS) is 8.47. The molecule has 0 aliphatic carbocycles. The lowest BCUT2D eigenvalue weighted by Gasteiger charge is -2.00.